The molecule has 0 aromatic carbocycles. The molecule has 0 bridgehead atoms. The van der Waals surface area contributed by atoms with Gasteiger partial charge in [-0.25, -0.2) is 13.1 Å². The molecular weight excluding hydrogens is 294 g/mol. The van der Waals surface area contributed by atoms with Crippen molar-refractivity contribution in [3.05, 3.63) is 15.8 Å². The predicted octanol–water partition coefficient (Wildman–Crippen LogP) is 1.15. The molecule has 20 heavy (non-hydrogen) atoms. The summed E-state index contributed by atoms with van der Waals surface area (Å²) in [6, 6.07) is 2.42. The van der Waals surface area contributed by atoms with E-state index in [0.717, 1.165) is 16.3 Å². The molecule has 0 saturated heterocycles. The first-order valence-corrected chi connectivity index (χ1v) is 9.18. The van der Waals surface area contributed by atoms with Crippen molar-refractivity contribution < 1.29 is 8.42 Å². The maximum Gasteiger partial charge on any atom is 0.241 e. The Morgan fingerprint density at radius 1 is 1.45 bits per heavy atom. The van der Waals surface area contributed by atoms with E-state index >= 15 is 0 Å². The van der Waals surface area contributed by atoms with Gasteiger partial charge in [0.2, 0.25) is 10.0 Å². The largest absolute Gasteiger partial charge is 0.315 e. The highest BCUT2D eigenvalue weighted by Crippen LogP contribution is 2.26. The lowest BCUT2D eigenvalue weighted by molar-refractivity contribution is 0.329. The second-order valence-electron chi connectivity index (χ2n) is 5.27. The normalized spacial score (nSPS) is 16.0. The van der Waals surface area contributed by atoms with Gasteiger partial charge < -0.3 is 10.2 Å². The zero-order chi connectivity index (χ0) is 14.8. The summed E-state index contributed by atoms with van der Waals surface area (Å²) in [5.41, 5.74) is 0. The monoisotopic (exact) mass is 317 g/mol. The fourth-order valence-corrected chi connectivity index (χ4v) is 4.85. The van der Waals surface area contributed by atoms with Gasteiger partial charge in [0.15, 0.2) is 0 Å². The van der Waals surface area contributed by atoms with E-state index in [2.05, 4.69) is 14.9 Å². The second kappa shape index (κ2) is 6.53. The summed E-state index contributed by atoms with van der Waals surface area (Å²) in [6.45, 7) is 3.78. The van der Waals surface area contributed by atoms with Crippen molar-refractivity contribution in [1.29, 1.82) is 0 Å². The second-order valence-corrected chi connectivity index (χ2v) is 8.35. The Bertz CT molecular complexity index is 550. The summed E-state index contributed by atoms with van der Waals surface area (Å²) in [5.74, 6) is 0. The number of nitrogens with zero attached hydrogens (tertiary/aromatic N) is 1. The number of hydrogen-bond donors (Lipinski definition) is 2. The molecule has 7 heteroatoms. The van der Waals surface area contributed by atoms with Crippen molar-refractivity contribution in [3.63, 3.8) is 0 Å². The van der Waals surface area contributed by atoms with Crippen LogP contribution in [0.4, 0.5) is 0 Å². The van der Waals surface area contributed by atoms with Crippen LogP contribution in [0.1, 0.15) is 22.6 Å². The maximum atomic E-state index is 12.3. The number of likely N-dealkylation sites (N-methyl/N-ethyl adjacent to an activating group) is 1. The molecule has 2 N–H and O–H groups in total. The average molecular weight is 317 g/mol. The molecular formula is C13H23N3O2S2. The van der Waals surface area contributed by atoms with Gasteiger partial charge in [-0.2, -0.15) is 0 Å². The van der Waals surface area contributed by atoms with E-state index in [-0.39, 0.29) is 0 Å². The van der Waals surface area contributed by atoms with Crippen LogP contribution in [0.2, 0.25) is 0 Å². The van der Waals surface area contributed by atoms with Crippen LogP contribution < -0.4 is 10.0 Å². The number of rotatable bonds is 8. The Hall–Kier alpha value is -0.470. The lowest BCUT2D eigenvalue weighted by Crippen LogP contribution is -2.34. The molecule has 0 spiro atoms. The predicted molar refractivity (Wildman–Crippen MR) is 82.7 cm³/mol. The number of nitrogens with one attached hydrogen (secondary N) is 2. The van der Waals surface area contributed by atoms with Gasteiger partial charge in [0.1, 0.15) is 0 Å². The zero-order valence-corrected chi connectivity index (χ0v) is 13.9. The van der Waals surface area contributed by atoms with Gasteiger partial charge in [-0.1, -0.05) is 0 Å². The molecule has 0 atom stereocenters. The van der Waals surface area contributed by atoms with E-state index in [0.29, 0.717) is 24.0 Å². The molecule has 0 aliphatic heterocycles. The van der Waals surface area contributed by atoms with Crippen molar-refractivity contribution in [2.75, 3.05) is 27.2 Å². The minimum absolute atomic E-state index is 0.418. The molecule has 1 aliphatic carbocycles. The molecule has 1 aliphatic rings. The van der Waals surface area contributed by atoms with Crippen LogP contribution in [0.25, 0.3) is 0 Å². The number of thiophene rings is 1. The number of sulfonamides is 1. The first kappa shape index (κ1) is 15.9. The van der Waals surface area contributed by atoms with Crippen molar-refractivity contribution in [2.45, 2.75) is 37.2 Å². The zero-order valence-electron chi connectivity index (χ0n) is 12.3. The number of aryl methyl sites for hydroxylation is 1. The first-order valence-electron chi connectivity index (χ1n) is 6.88. The Labute approximate surface area is 125 Å². The Balaban J connectivity index is 1.94. The van der Waals surface area contributed by atoms with Crippen LogP contribution in [0.15, 0.2) is 11.0 Å². The molecule has 1 fully saturated rings. The van der Waals surface area contributed by atoms with E-state index in [1.807, 2.05) is 21.0 Å². The summed E-state index contributed by atoms with van der Waals surface area (Å²) in [7, 11) is 0.521. The Morgan fingerprint density at radius 2 is 2.15 bits per heavy atom. The third-order valence-electron chi connectivity index (χ3n) is 3.49. The fraction of sp³-hybridized carbons (Fsp3) is 0.692. The van der Waals surface area contributed by atoms with Crippen LogP contribution in [-0.4, -0.2) is 46.5 Å². The van der Waals surface area contributed by atoms with E-state index in [9.17, 15) is 8.42 Å². The van der Waals surface area contributed by atoms with Gasteiger partial charge in [-0.3, -0.25) is 0 Å². The molecule has 5 nitrogen and oxygen atoms in total. The molecule has 1 aromatic heterocycles. The molecule has 114 valence electrons. The molecule has 1 heterocycles. The Kier molecular flexibility index (Phi) is 5.19. The third kappa shape index (κ3) is 4.02. The van der Waals surface area contributed by atoms with Crippen LogP contribution in [0.5, 0.6) is 0 Å². The van der Waals surface area contributed by atoms with Crippen LogP contribution in [0.3, 0.4) is 0 Å². The van der Waals surface area contributed by atoms with E-state index in [1.165, 1.54) is 24.2 Å². The van der Waals surface area contributed by atoms with Gasteiger partial charge >= 0.3 is 0 Å². The summed E-state index contributed by atoms with van der Waals surface area (Å²) in [6.07, 6.45) is 2.47. The summed E-state index contributed by atoms with van der Waals surface area (Å²) in [4.78, 5) is 4.52. The quantitative estimate of drug-likeness (QED) is 0.755. The molecule has 1 aromatic rings. The highest BCUT2D eigenvalue weighted by atomic mass is 32.2. The van der Waals surface area contributed by atoms with Gasteiger partial charge in [-0.15, -0.1) is 11.3 Å². The van der Waals surface area contributed by atoms with Crippen LogP contribution >= 0.6 is 11.3 Å². The molecule has 0 unspecified atom stereocenters. The average Bonchev–Trinajstić information content (AvgIpc) is 3.14. The van der Waals surface area contributed by atoms with Gasteiger partial charge in [-0.05, 0) is 39.9 Å². The van der Waals surface area contributed by atoms with E-state index in [4.69, 9.17) is 0 Å². The van der Waals surface area contributed by atoms with Crippen molar-refractivity contribution in [1.82, 2.24) is 14.9 Å². The summed E-state index contributed by atoms with van der Waals surface area (Å²) >= 11 is 1.53. The van der Waals surface area contributed by atoms with Crippen LogP contribution in [0, 0.1) is 6.92 Å². The third-order valence-corrected chi connectivity index (χ3v) is 6.26. The first-order chi connectivity index (χ1) is 9.44. The van der Waals surface area contributed by atoms with Gasteiger partial charge in [0.25, 0.3) is 0 Å². The van der Waals surface area contributed by atoms with Crippen molar-refractivity contribution in [2.24, 2.45) is 0 Å². The summed E-state index contributed by atoms with van der Waals surface area (Å²) < 4.78 is 27.3. The highest BCUT2D eigenvalue weighted by Gasteiger charge is 2.26. The summed E-state index contributed by atoms with van der Waals surface area (Å²) in [5, 5.41) is 3.04. The minimum Gasteiger partial charge on any atom is -0.315 e. The molecule has 1 saturated carbocycles. The lowest BCUT2D eigenvalue weighted by Gasteiger charge is -2.15. The van der Waals surface area contributed by atoms with E-state index < -0.39 is 10.0 Å². The topological polar surface area (TPSA) is 61.4 Å². The van der Waals surface area contributed by atoms with Crippen molar-refractivity contribution in [3.8, 4) is 0 Å². The smallest absolute Gasteiger partial charge is 0.241 e. The standard InChI is InChI=1S/C13H23N3O2S2/c1-10-13(8-12(19-10)9-14-2)20(17,18)15-6-7-16(3)11-4-5-11/h8,11,14-15H,4-7,9H2,1-3H3. The minimum atomic E-state index is -3.38. The molecule has 0 radical (unpaired) electrons. The van der Waals surface area contributed by atoms with E-state index in [1.54, 1.807) is 6.07 Å². The number of hydrogen-bond acceptors (Lipinski definition) is 5. The maximum absolute atomic E-state index is 12.3. The highest BCUT2D eigenvalue weighted by molar-refractivity contribution is 7.89. The van der Waals surface area contributed by atoms with Crippen molar-refractivity contribution >= 4 is 21.4 Å². The Morgan fingerprint density at radius 3 is 2.75 bits per heavy atom. The van der Waals surface area contributed by atoms with Crippen LogP contribution in [-0.2, 0) is 16.6 Å². The molecule has 2 rings (SSSR count). The SMILES string of the molecule is CNCc1cc(S(=O)(=O)NCCN(C)C2CC2)c(C)s1. The van der Waals surface area contributed by atoms with Gasteiger partial charge in [0, 0.05) is 35.4 Å². The molecule has 0 amide bonds. The fourth-order valence-electron chi connectivity index (χ4n) is 2.18. The van der Waals surface area contributed by atoms with Gasteiger partial charge in [0.05, 0.1) is 4.90 Å². The lowest BCUT2D eigenvalue weighted by atomic mass is 10.4.